The number of ether oxygens (including phenoxy) is 1. The average Bonchev–Trinajstić information content (AvgIpc) is 2.59. The lowest BCUT2D eigenvalue weighted by Gasteiger charge is -2.32. The van der Waals surface area contributed by atoms with Gasteiger partial charge in [-0.05, 0) is 26.3 Å². The first-order valence-corrected chi connectivity index (χ1v) is 8.25. The van der Waals surface area contributed by atoms with E-state index in [0.29, 0.717) is 19.7 Å². The summed E-state index contributed by atoms with van der Waals surface area (Å²) in [7, 11) is 1.72. The molecule has 1 atom stereocenters. The molecule has 2 N–H and O–H groups in total. The van der Waals surface area contributed by atoms with E-state index in [1.54, 1.807) is 11.9 Å². The quantitative estimate of drug-likeness (QED) is 0.404. The van der Waals surface area contributed by atoms with Crippen molar-refractivity contribution in [3.05, 3.63) is 0 Å². The third kappa shape index (κ3) is 9.64. The van der Waals surface area contributed by atoms with Gasteiger partial charge in [0.25, 0.3) is 0 Å². The molecule has 146 valence electrons. The molecule has 0 aliphatic carbocycles. The summed E-state index contributed by atoms with van der Waals surface area (Å²) in [6.07, 6.45) is 2.99. The van der Waals surface area contributed by atoms with Crippen molar-refractivity contribution >= 4 is 23.8 Å². The second-order valence-electron chi connectivity index (χ2n) is 5.57. The van der Waals surface area contributed by atoms with Gasteiger partial charge in [0, 0.05) is 14.0 Å². The van der Waals surface area contributed by atoms with Crippen LogP contribution in [-0.4, -0.2) is 83.2 Å². The number of nitrogens with zero attached hydrogens (tertiary/aromatic N) is 2. The minimum absolute atomic E-state index is 0.00155. The molecule has 1 rings (SSSR count). The molecule has 1 heterocycles. The summed E-state index contributed by atoms with van der Waals surface area (Å²) < 4.78 is 5.11. The molecule has 0 aromatic rings. The number of likely N-dealkylation sites (tertiary alicyclic amines) is 1. The van der Waals surface area contributed by atoms with Gasteiger partial charge in [-0.25, -0.2) is 9.59 Å². The Bertz CT molecular complexity index is 553. The van der Waals surface area contributed by atoms with Crippen molar-refractivity contribution in [3.63, 3.8) is 0 Å². The number of carboxylic acids is 2. The van der Waals surface area contributed by atoms with Crippen molar-refractivity contribution in [2.75, 3.05) is 33.3 Å². The summed E-state index contributed by atoms with van der Waals surface area (Å²) in [5.41, 5.74) is 0. The molecule has 0 aromatic heterocycles. The largest absolute Gasteiger partial charge is 0.473 e. The molecule has 1 aliphatic rings. The van der Waals surface area contributed by atoms with E-state index in [1.165, 1.54) is 6.92 Å². The number of piperidine rings is 1. The highest BCUT2D eigenvalue weighted by Gasteiger charge is 2.28. The molecule has 1 amide bonds. The number of hydrogen-bond acceptors (Lipinski definition) is 6. The molecule has 0 aromatic carbocycles. The smallest absolute Gasteiger partial charge is 0.414 e. The summed E-state index contributed by atoms with van der Waals surface area (Å²) >= 11 is 0. The average molecular weight is 370 g/mol. The second kappa shape index (κ2) is 12.7. The number of amides is 1. The predicted octanol–water partition coefficient (Wildman–Crippen LogP) is 0.0413. The van der Waals surface area contributed by atoms with Crippen LogP contribution in [0.2, 0.25) is 0 Å². The minimum Gasteiger partial charge on any atom is -0.473 e. The van der Waals surface area contributed by atoms with Gasteiger partial charge in [-0.1, -0.05) is 18.3 Å². The van der Waals surface area contributed by atoms with Crippen molar-refractivity contribution in [1.29, 1.82) is 0 Å². The number of esters is 1. The van der Waals surface area contributed by atoms with Gasteiger partial charge < -0.3 is 19.8 Å². The summed E-state index contributed by atoms with van der Waals surface area (Å²) in [6, 6.07) is -0.163. The molecule has 26 heavy (non-hydrogen) atoms. The van der Waals surface area contributed by atoms with Crippen LogP contribution < -0.4 is 0 Å². The Hall–Kier alpha value is -2.60. The lowest BCUT2D eigenvalue weighted by Crippen LogP contribution is -2.45. The molecule has 1 aliphatic heterocycles. The first-order valence-electron chi connectivity index (χ1n) is 8.25. The molecule has 1 saturated heterocycles. The van der Waals surface area contributed by atoms with Gasteiger partial charge in [0.2, 0.25) is 5.91 Å². The third-order valence-corrected chi connectivity index (χ3v) is 3.62. The molecule has 9 heteroatoms. The minimum atomic E-state index is -1.82. The zero-order valence-electron chi connectivity index (χ0n) is 15.4. The normalized spacial score (nSPS) is 16.2. The molecule has 9 nitrogen and oxygen atoms in total. The Kier molecular flexibility index (Phi) is 11.4. The van der Waals surface area contributed by atoms with Gasteiger partial charge >= 0.3 is 17.9 Å². The first-order chi connectivity index (χ1) is 12.2. The van der Waals surface area contributed by atoms with Gasteiger partial charge in [-0.3, -0.25) is 14.5 Å². The Labute approximate surface area is 152 Å². The maximum absolute atomic E-state index is 11.9. The number of carbonyl (C=O) groups is 4. The van der Waals surface area contributed by atoms with Gasteiger partial charge in [-0.15, -0.1) is 0 Å². The summed E-state index contributed by atoms with van der Waals surface area (Å²) in [5, 5.41) is 14.8. The highest BCUT2D eigenvalue weighted by Crippen LogP contribution is 2.17. The molecule has 0 spiro atoms. The van der Waals surface area contributed by atoms with E-state index in [9.17, 15) is 9.59 Å². The van der Waals surface area contributed by atoms with Gasteiger partial charge in [0.05, 0.1) is 19.7 Å². The first kappa shape index (κ1) is 23.4. The fraction of sp³-hybridized carbons (Fsp3) is 0.647. The van der Waals surface area contributed by atoms with Gasteiger partial charge in [0.1, 0.15) is 6.04 Å². The Morgan fingerprint density at radius 3 is 2.27 bits per heavy atom. The number of hydrogen-bond donors (Lipinski definition) is 2. The van der Waals surface area contributed by atoms with Crippen molar-refractivity contribution < 1.29 is 34.1 Å². The van der Waals surface area contributed by atoms with Crippen LogP contribution >= 0.6 is 0 Å². The van der Waals surface area contributed by atoms with E-state index in [4.69, 9.17) is 24.5 Å². The van der Waals surface area contributed by atoms with Crippen molar-refractivity contribution in [2.24, 2.45) is 0 Å². The molecule has 0 saturated carbocycles. The van der Waals surface area contributed by atoms with Crippen LogP contribution in [0, 0.1) is 11.8 Å². The predicted molar refractivity (Wildman–Crippen MR) is 92.2 cm³/mol. The molecule has 1 fully saturated rings. The summed E-state index contributed by atoms with van der Waals surface area (Å²) in [4.78, 5) is 44.7. The molecule has 1 unspecified atom stereocenters. The molecular weight excluding hydrogens is 344 g/mol. The van der Waals surface area contributed by atoms with E-state index in [1.807, 2.05) is 6.92 Å². The zero-order chi connectivity index (χ0) is 20.1. The van der Waals surface area contributed by atoms with Crippen molar-refractivity contribution in [2.45, 2.75) is 39.2 Å². The van der Waals surface area contributed by atoms with Crippen LogP contribution in [0.15, 0.2) is 0 Å². The van der Waals surface area contributed by atoms with E-state index < -0.39 is 11.9 Å². The molecule has 0 radical (unpaired) electrons. The maximum atomic E-state index is 11.9. The Balaban J connectivity index is 0.000000896. The number of carbonyl (C=O) groups excluding carboxylic acids is 2. The molecule has 0 bridgehead atoms. The van der Waals surface area contributed by atoms with E-state index >= 15 is 0 Å². The van der Waals surface area contributed by atoms with Crippen LogP contribution in [0.3, 0.4) is 0 Å². The standard InChI is InChI=1S/C15H24N2O3.C2H2O4/c1-4-20-15(19)14-9-5-6-11-17(14)12-8-7-10-16(3)13(2)18;3-1(4)2(5)6/h14H,4-6,9-12H2,1-3H3;(H,3,4)(H,5,6). The van der Waals surface area contributed by atoms with E-state index in [2.05, 4.69) is 16.7 Å². The number of carboxylic acid groups (broad SMARTS) is 2. The molecular formula is C17H26N2O7. The lowest BCUT2D eigenvalue weighted by molar-refractivity contribution is -0.159. The topological polar surface area (TPSA) is 124 Å². The van der Waals surface area contributed by atoms with Crippen LogP contribution in [0.1, 0.15) is 33.1 Å². The number of aliphatic carboxylic acids is 2. The van der Waals surface area contributed by atoms with Gasteiger partial charge in [0.15, 0.2) is 0 Å². The summed E-state index contributed by atoms with van der Waals surface area (Å²) in [5.74, 6) is 2.22. The number of rotatable bonds is 4. The zero-order valence-corrected chi connectivity index (χ0v) is 15.4. The van der Waals surface area contributed by atoms with Crippen LogP contribution in [0.25, 0.3) is 0 Å². The van der Waals surface area contributed by atoms with E-state index in [-0.39, 0.29) is 17.9 Å². The van der Waals surface area contributed by atoms with Crippen LogP contribution in [-0.2, 0) is 23.9 Å². The van der Waals surface area contributed by atoms with Crippen molar-refractivity contribution in [3.8, 4) is 11.8 Å². The second-order valence-corrected chi connectivity index (χ2v) is 5.57. The lowest BCUT2D eigenvalue weighted by atomic mass is 10.0. The fourth-order valence-electron chi connectivity index (χ4n) is 2.13. The highest BCUT2D eigenvalue weighted by molar-refractivity contribution is 6.27. The summed E-state index contributed by atoms with van der Waals surface area (Å²) in [6.45, 7) is 5.60. The highest BCUT2D eigenvalue weighted by atomic mass is 16.5. The third-order valence-electron chi connectivity index (χ3n) is 3.62. The fourth-order valence-corrected chi connectivity index (χ4v) is 2.13. The van der Waals surface area contributed by atoms with Crippen LogP contribution in [0.5, 0.6) is 0 Å². The maximum Gasteiger partial charge on any atom is 0.414 e. The Morgan fingerprint density at radius 1 is 1.15 bits per heavy atom. The van der Waals surface area contributed by atoms with Gasteiger partial charge in [-0.2, -0.15) is 0 Å². The Morgan fingerprint density at radius 2 is 1.77 bits per heavy atom. The van der Waals surface area contributed by atoms with E-state index in [0.717, 1.165) is 25.8 Å². The van der Waals surface area contributed by atoms with Crippen LogP contribution in [0.4, 0.5) is 0 Å². The SMILES string of the molecule is CCOC(=O)C1CCCCN1CC#CCN(C)C(C)=O.O=C(O)C(=O)O. The monoisotopic (exact) mass is 370 g/mol. The van der Waals surface area contributed by atoms with Crippen molar-refractivity contribution in [1.82, 2.24) is 9.80 Å².